The Morgan fingerprint density at radius 2 is 1.81 bits per heavy atom. The van der Waals surface area contributed by atoms with Crippen LogP contribution >= 0.6 is 0 Å². The number of nitrogens with zero attached hydrogens (tertiary/aromatic N) is 1. The second-order valence-electron chi connectivity index (χ2n) is 7.48. The summed E-state index contributed by atoms with van der Waals surface area (Å²) in [5.41, 5.74) is 4.65. The van der Waals surface area contributed by atoms with Gasteiger partial charge in [-0.3, -0.25) is 4.79 Å². The van der Waals surface area contributed by atoms with E-state index in [1.165, 1.54) is 5.56 Å². The topological polar surface area (TPSA) is 32.3 Å². The van der Waals surface area contributed by atoms with Gasteiger partial charge in [-0.25, -0.2) is 0 Å². The van der Waals surface area contributed by atoms with E-state index >= 15 is 0 Å². The first-order valence-corrected chi connectivity index (χ1v) is 9.77. The van der Waals surface area contributed by atoms with E-state index in [2.05, 4.69) is 66.5 Å². The monoisotopic (exact) mass is 350 g/mol. The first-order valence-electron chi connectivity index (χ1n) is 9.77. The lowest BCUT2D eigenvalue weighted by Gasteiger charge is -2.32. The van der Waals surface area contributed by atoms with Crippen molar-refractivity contribution in [3.8, 4) is 0 Å². The Bertz CT molecular complexity index is 706. The Morgan fingerprint density at radius 1 is 1.08 bits per heavy atom. The zero-order chi connectivity index (χ0) is 18.4. The SMILES string of the molecule is Cc1cccc(C)c1NC(=O)C1CCCN(CCCc2ccccc2)C1. The number of amides is 1. The van der Waals surface area contributed by atoms with Gasteiger partial charge in [-0.15, -0.1) is 0 Å². The number of hydrogen-bond donors (Lipinski definition) is 1. The van der Waals surface area contributed by atoms with Crippen LogP contribution in [0.4, 0.5) is 5.69 Å². The molecule has 1 atom stereocenters. The van der Waals surface area contributed by atoms with E-state index in [4.69, 9.17) is 0 Å². The molecule has 1 fully saturated rings. The molecule has 0 aliphatic carbocycles. The molecule has 1 amide bonds. The average molecular weight is 351 g/mol. The van der Waals surface area contributed by atoms with Gasteiger partial charge in [0.25, 0.3) is 0 Å². The first kappa shape index (κ1) is 18.7. The number of likely N-dealkylation sites (tertiary alicyclic amines) is 1. The number of nitrogens with one attached hydrogen (secondary N) is 1. The molecule has 0 aromatic heterocycles. The molecule has 2 aromatic rings. The normalized spacial score (nSPS) is 17.8. The molecule has 1 heterocycles. The highest BCUT2D eigenvalue weighted by molar-refractivity contribution is 5.94. The van der Waals surface area contributed by atoms with Crippen LogP contribution in [0, 0.1) is 19.8 Å². The molecule has 0 radical (unpaired) electrons. The number of anilines is 1. The van der Waals surface area contributed by atoms with Crippen molar-refractivity contribution in [1.29, 1.82) is 0 Å². The molecular weight excluding hydrogens is 320 g/mol. The predicted octanol–water partition coefficient (Wildman–Crippen LogP) is 4.59. The van der Waals surface area contributed by atoms with Crippen LogP contribution in [0.15, 0.2) is 48.5 Å². The van der Waals surface area contributed by atoms with Gasteiger partial charge in [0.05, 0.1) is 5.92 Å². The Balaban J connectivity index is 1.50. The third-order valence-corrected chi connectivity index (χ3v) is 5.39. The first-order chi connectivity index (χ1) is 12.6. The maximum Gasteiger partial charge on any atom is 0.228 e. The third-order valence-electron chi connectivity index (χ3n) is 5.39. The van der Waals surface area contributed by atoms with E-state index in [9.17, 15) is 4.79 Å². The molecule has 1 saturated heterocycles. The highest BCUT2D eigenvalue weighted by Crippen LogP contribution is 2.23. The van der Waals surface area contributed by atoms with Gasteiger partial charge >= 0.3 is 0 Å². The summed E-state index contributed by atoms with van der Waals surface area (Å²) < 4.78 is 0. The Kier molecular flexibility index (Phi) is 6.45. The summed E-state index contributed by atoms with van der Waals surface area (Å²) in [6, 6.07) is 16.8. The minimum absolute atomic E-state index is 0.0967. The van der Waals surface area contributed by atoms with E-state index in [0.29, 0.717) is 0 Å². The molecule has 0 saturated carbocycles. The molecular formula is C23H30N2O. The molecule has 0 bridgehead atoms. The molecule has 1 aliphatic rings. The fourth-order valence-corrected chi connectivity index (χ4v) is 3.86. The highest BCUT2D eigenvalue weighted by atomic mass is 16.1. The van der Waals surface area contributed by atoms with Crippen molar-refractivity contribution >= 4 is 11.6 Å². The van der Waals surface area contributed by atoms with Crippen LogP contribution in [0.2, 0.25) is 0 Å². The Hall–Kier alpha value is -2.13. The average Bonchev–Trinajstić information content (AvgIpc) is 2.66. The molecule has 3 heteroatoms. The van der Waals surface area contributed by atoms with E-state index in [0.717, 1.165) is 62.1 Å². The van der Waals surface area contributed by atoms with Crippen molar-refractivity contribution in [3.05, 3.63) is 65.2 Å². The molecule has 3 rings (SSSR count). The zero-order valence-electron chi connectivity index (χ0n) is 16.0. The molecule has 1 aliphatic heterocycles. The Morgan fingerprint density at radius 3 is 2.54 bits per heavy atom. The van der Waals surface area contributed by atoms with Crippen molar-refractivity contribution in [2.45, 2.75) is 39.5 Å². The number of rotatable bonds is 6. The second-order valence-corrected chi connectivity index (χ2v) is 7.48. The highest BCUT2D eigenvalue weighted by Gasteiger charge is 2.26. The summed E-state index contributed by atoms with van der Waals surface area (Å²) in [5, 5.41) is 3.19. The van der Waals surface area contributed by atoms with Crippen LogP contribution in [-0.2, 0) is 11.2 Å². The van der Waals surface area contributed by atoms with Crippen LogP contribution in [0.25, 0.3) is 0 Å². The van der Waals surface area contributed by atoms with Crippen LogP contribution in [0.5, 0.6) is 0 Å². The smallest absolute Gasteiger partial charge is 0.228 e. The standard InChI is InChI=1S/C23H30N2O/c1-18-9-6-10-19(2)22(18)24-23(26)21-14-8-16-25(17-21)15-7-13-20-11-4-3-5-12-20/h3-6,9-12,21H,7-8,13-17H2,1-2H3,(H,24,26). The largest absolute Gasteiger partial charge is 0.325 e. The lowest BCUT2D eigenvalue weighted by molar-refractivity contribution is -0.121. The fourth-order valence-electron chi connectivity index (χ4n) is 3.86. The minimum Gasteiger partial charge on any atom is -0.325 e. The summed E-state index contributed by atoms with van der Waals surface area (Å²) in [4.78, 5) is 15.2. The van der Waals surface area contributed by atoms with Crippen molar-refractivity contribution in [2.75, 3.05) is 25.0 Å². The lowest BCUT2D eigenvalue weighted by atomic mass is 9.96. The number of aryl methyl sites for hydroxylation is 3. The zero-order valence-corrected chi connectivity index (χ0v) is 16.0. The van der Waals surface area contributed by atoms with Crippen molar-refractivity contribution in [3.63, 3.8) is 0 Å². The van der Waals surface area contributed by atoms with Crippen LogP contribution in [-0.4, -0.2) is 30.4 Å². The van der Waals surface area contributed by atoms with Gasteiger partial charge in [0, 0.05) is 12.2 Å². The summed E-state index contributed by atoms with van der Waals surface area (Å²) in [6.45, 7) is 7.17. The van der Waals surface area contributed by atoms with E-state index in [1.807, 2.05) is 6.07 Å². The van der Waals surface area contributed by atoms with Gasteiger partial charge in [-0.05, 0) is 69.3 Å². The number of para-hydroxylation sites is 1. The maximum absolute atomic E-state index is 12.8. The van der Waals surface area contributed by atoms with E-state index in [1.54, 1.807) is 0 Å². The van der Waals surface area contributed by atoms with Gasteiger partial charge in [0.1, 0.15) is 0 Å². The van der Waals surface area contributed by atoms with Gasteiger partial charge in [0.2, 0.25) is 5.91 Å². The van der Waals surface area contributed by atoms with Gasteiger partial charge in [0.15, 0.2) is 0 Å². The molecule has 2 aromatic carbocycles. The van der Waals surface area contributed by atoms with Gasteiger partial charge in [-0.1, -0.05) is 48.5 Å². The predicted molar refractivity (Wildman–Crippen MR) is 108 cm³/mol. The van der Waals surface area contributed by atoms with Crippen molar-refractivity contribution in [2.24, 2.45) is 5.92 Å². The van der Waals surface area contributed by atoms with Crippen molar-refractivity contribution < 1.29 is 4.79 Å². The summed E-state index contributed by atoms with van der Waals surface area (Å²) >= 11 is 0. The van der Waals surface area contributed by atoms with Gasteiger partial charge in [-0.2, -0.15) is 0 Å². The molecule has 3 nitrogen and oxygen atoms in total. The number of benzene rings is 2. The number of piperidine rings is 1. The van der Waals surface area contributed by atoms with Crippen LogP contribution in [0.3, 0.4) is 0 Å². The number of carbonyl (C=O) groups excluding carboxylic acids is 1. The van der Waals surface area contributed by atoms with Crippen LogP contribution < -0.4 is 5.32 Å². The Labute approximate surface area is 157 Å². The van der Waals surface area contributed by atoms with Crippen LogP contribution in [0.1, 0.15) is 36.0 Å². The summed E-state index contributed by atoms with van der Waals surface area (Å²) in [6.07, 6.45) is 4.36. The third kappa shape index (κ3) is 4.95. The van der Waals surface area contributed by atoms with Crippen molar-refractivity contribution in [1.82, 2.24) is 4.90 Å². The number of carbonyl (C=O) groups is 1. The second kappa shape index (κ2) is 9.00. The van der Waals surface area contributed by atoms with E-state index in [-0.39, 0.29) is 11.8 Å². The number of hydrogen-bond acceptors (Lipinski definition) is 2. The molecule has 1 N–H and O–H groups in total. The molecule has 1 unspecified atom stereocenters. The lowest BCUT2D eigenvalue weighted by Crippen LogP contribution is -2.41. The summed E-state index contributed by atoms with van der Waals surface area (Å²) in [7, 11) is 0. The molecule has 26 heavy (non-hydrogen) atoms. The maximum atomic E-state index is 12.8. The van der Waals surface area contributed by atoms with E-state index < -0.39 is 0 Å². The molecule has 138 valence electrons. The van der Waals surface area contributed by atoms with Gasteiger partial charge < -0.3 is 10.2 Å². The summed E-state index contributed by atoms with van der Waals surface area (Å²) in [5.74, 6) is 0.273. The quantitative estimate of drug-likeness (QED) is 0.826. The fraction of sp³-hybridized carbons (Fsp3) is 0.435. The minimum atomic E-state index is 0.0967. The molecule has 0 spiro atoms.